The number of aliphatic hydroxyl groups is 1. The predicted octanol–water partition coefficient (Wildman–Crippen LogP) is 3.44. The largest absolute Gasteiger partial charge is 0.387 e. The van der Waals surface area contributed by atoms with E-state index in [-0.39, 0.29) is 12.1 Å². The van der Waals surface area contributed by atoms with Crippen molar-refractivity contribution in [3.8, 4) is 11.4 Å². The van der Waals surface area contributed by atoms with Crippen molar-refractivity contribution >= 4 is 34.0 Å². The number of fused-ring (bicyclic) bond motifs is 1. The summed E-state index contributed by atoms with van der Waals surface area (Å²) in [6.07, 6.45) is 0.793. The number of nitrogens with one attached hydrogen (secondary N) is 4. The minimum absolute atomic E-state index is 0.212. The summed E-state index contributed by atoms with van der Waals surface area (Å²) in [6, 6.07) is 13.1. The zero-order valence-corrected chi connectivity index (χ0v) is 19.6. The second-order valence-electron chi connectivity index (χ2n) is 8.53. The first kappa shape index (κ1) is 22.5. The number of aromatic nitrogens is 3. The van der Waals surface area contributed by atoms with Crippen molar-refractivity contribution in [2.24, 2.45) is 0 Å². The number of aromatic amines is 2. The average Bonchev–Trinajstić information content (AvgIpc) is 3.27. The molecular weight excluding hydrogens is 452 g/mol. The van der Waals surface area contributed by atoms with Crippen LogP contribution in [0.3, 0.4) is 0 Å². The molecule has 0 saturated carbocycles. The van der Waals surface area contributed by atoms with Crippen LogP contribution in [0.4, 0.5) is 11.4 Å². The van der Waals surface area contributed by atoms with Crippen molar-refractivity contribution in [1.29, 1.82) is 0 Å². The molecule has 1 fully saturated rings. The number of imidazole rings is 1. The van der Waals surface area contributed by atoms with Gasteiger partial charge in [0.15, 0.2) is 0 Å². The van der Waals surface area contributed by atoms with Crippen LogP contribution in [0.15, 0.2) is 53.5 Å². The number of aliphatic hydroxyl groups excluding tert-OH is 1. The Kier molecular flexibility index (Phi) is 6.28. The van der Waals surface area contributed by atoms with E-state index >= 15 is 0 Å². The fourth-order valence-electron chi connectivity index (χ4n) is 4.39. The molecule has 34 heavy (non-hydrogen) atoms. The molecule has 4 aromatic rings. The molecule has 2 aromatic carbocycles. The number of H-pyrrole nitrogens is 2. The summed E-state index contributed by atoms with van der Waals surface area (Å²) in [6.45, 7) is 6.07. The standard InChI is InChI=1S/C25H27ClN6O2/c1-15-11-18(32-9-7-27-8-10-32)13-20-23(15)31-24(30-20)22-19(5-6-28-25(22)34)29-14-21(33)16-3-2-4-17(26)12-16/h2-6,11-13,21,27,33H,7-10,14H2,1H3,(H,30,31)(H2,28,29,34)/t21-/m0/s1. The lowest BCUT2D eigenvalue weighted by Crippen LogP contribution is -2.43. The molecule has 5 N–H and O–H groups in total. The molecule has 0 radical (unpaired) electrons. The molecule has 1 aliphatic heterocycles. The van der Waals surface area contributed by atoms with E-state index in [1.807, 2.05) is 13.0 Å². The third-order valence-electron chi connectivity index (χ3n) is 6.16. The van der Waals surface area contributed by atoms with Gasteiger partial charge in [0.1, 0.15) is 11.4 Å². The Labute approximate surface area is 202 Å². The molecule has 1 atom stereocenters. The average molecular weight is 479 g/mol. The van der Waals surface area contributed by atoms with Gasteiger partial charge in [-0.05, 0) is 48.4 Å². The summed E-state index contributed by atoms with van der Waals surface area (Å²) in [5, 5.41) is 17.7. The third kappa shape index (κ3) is 4.52. The maximum atomic E-state index is 12.8. The molecule has 0 amide bonds. The monoisotopic (exact) mass is 478 g/mol. The van der Waals surface area contributed by atoms with Crippen LogP contribution in [-0.2, 0) is 0 Å². The number of nitrogens with zero attached hydrogens (tertiary/aromatic N) is 2. The number of pyridine rings is 1. The van der Waals surface area contributed by atoms with E-state index in [0.717, 1.165) is 48.5 Å². The fraction of sp³-hybridized carbons (Fsp3) is 0.280. The van der Waals surface area contributed by atoms with E-state index in [0.29, 0.717) is 27.7 Å². The molecular formula is C25H27ClN6O2. The second kappa shape index (κ2) is 9.50. The Morgan fingerprint density at radius 1 is 1.21 bits per heavy atom. The first-order chi connectivity index (χ1) is 16.5. The van der Waals surface area contributed by atoms with Crippen molar-refractivity contribution in [1.82, 2.24) is 20.3 Å². The van der Waals surface area contributed by atoms with E-state index in [2.05, 4.69) is 37.6 Å². The quantitative estimate of drug-likeness (QED) is 0.290. The first-order valence-electron chi connectivity index (χ1n) is 11.3. The molecule has 2 aromatic heterocycles. The van der Waals surface area contributed by atoms with E-state index < -0.39 is 6.10 Å². The number of halogens is 1. The van der Waals surface area contributed by atoms with Gasteiger partial charge in [-0.2, -0.15) is 0 Å². The molecule has 1 saturated heterocycles. The summed E-state index contributed by atoms with van der Waals surface area (Å²) in [5.41, 5.74) is 5.34. The first-order valence-corrected chi connectivity index (χ1v) is 11.7. The smallest absolute Gasteiger partial charge is 0.261 e. The van der Waals surface area contributed by atoms with Gasteiger partial charge >= 0.3 is 0 Å². The zero-order chi connectivity index (χ0) is 23.7. The highest BCUT2D eigenvalue weighted by Crippen LogP contribution is 2.29. The Morgan fingerprint density at radius 2 is 2.03 bits per heavy atom. The van der Waals surface area contributed by atoms with Gasteiger partial charge in [0.25, 0.3) is 5.56 Å². The van der Waals surface area contributed by atoms with Crippen molar-refractivity contribution in [3.05, 3.63) is 75.2 Å². The van der Waals surface area contributed by atoms with Crippen molar-refractivity contribution in [2.45, 2.75) is 13.0 Å². The molecule has 8 nitrogen and oxygen atoms in total. The lowest BCUT2D eigenvalue weighted by atomic mass is 10.1. The lowest BCUT2D eigenvalue weighted by molar-refractivity contribution is 0.191. The van der Waals surface area contributed by atoms with Crippen LogP contribution in [0.2, 0.25) is 5.02 Å². The van der Waals surface area contributed by atoms with Crippen LogP contribution in [0.1, 0.15) is 17.2 Å². The predicted molar refractivity (Wildman–Crippen MR) is 137 cm³/mol. The highest BCUT2D eigenvalue weighted by atomic mass is 35.5. The molecule has 5 rings (SSSR count). The van der Waals surface area contributed by atoms with Crippen LogP contribution in [0.25, 0.3) is 22.4 Å². The van der Waals surface area contributed by atoms with E-state index in [4.69, 9.17) is 16.6 Å². The van der Waals surface area contributed by atoms with Gasteiger partial charge in [-0.15, -0.1) is 0 Å². The zero-order valence-electron chi connectivity index (χ0n) is 18.9. The maximum absolute atomic E-state index is 12.8. The van der Waals surface area contributed by atoms with Gasteiger partial charge < -0.3 is 30.6 Å². The molecule has 0 unspecified atom stereocenters. The van der Waals surface area contributed by atoms with Crippen LogP contribution in [0, 0.1) is 6.92 Å². The summed E-state index contributed by atoms with van der Waals surface area (Å²) >= 11 is 6.05. The van der Waals surface area contributed by atoms with E-state index in [1.54, 1.807) is 30.5 Å². The van der Waals surface area contributed by atoms with Crippen LogP contribution < -0.4 is 21.1 Å². The number of aryl methyl sites for hydroxylation is 1. The summed E-state index contributed by atoms with van der Waals surface area (Å²) in [5.74, 6) is 0.483. The van der Waals surface area contributed by atoms with Gasteiger partial charge in [-0.3, -0.25) is 4.79 Å². The van der Waals surface area contributed by atoms with Crippen LogP contribution in [0.5, 0.6) is 0 Å². The Balaban J connectivity index is 1.46. The van der Waals surface area contributed by atoms with E-state index in [9.17, 15) is 9.90 Å². The number of benzene rings is 2. The summed E-state index contributed by atoms with van der Waals surface area (Å²) in [4.78, 5) is 26.0. The van der Waals surface area contributed by atoms with Crippen LogP contribution >= 0.6 is 11.6 Å². The van der Waals surface area contributed by atoms with Crippen molar-refractivity contribution in [3.63, 3.8) is 0 Å². The fourth-order valence-corrected chi connectivity index (χ4v) is 4.59. The van der Waals surface area contributed by atoms with E-state index in [1.165, 1.54) is 0 Å². The lowest BCUT2D eigenvalue weighted by Gasteiger charge is -2.29. The minimum Gasteiger partial charge on any atom is -0.387 e. The number of piperazine rings is 1. The molecule has 176 valence electrons. The van der Waals surface area contributed by atoms with Gasteiger partial charge in [-0.25, -0.2) is 4.98 Å². The molecule has 0 aliphatic carbocycles. The second-order valence-corrected chi connectivity index (χ2v) is 8.96. The van der Waals surface area contributed by atoms with Crippen molar-refractivity contribution in [2.75, 3.05) is 42.9 Å². The number of rotatable bonds is 6. The molecule has 0 bridgehead atoms. The number of hydrogen-bond acceptors (Lipinski definition) is 6. The van der Waals surface area contributed by atoms with Crippen molar-refractivity contribution < 1.29 is 5.11 Å². The Bertz CT molecular complexity index is 1380. The minimum atomic E-state index is -0.787. The SMILES string of the molecule is Cc1cc(N2CCNCC2)cc2[nH]c(-c3c(NC[C@H](O)c4cccc(Cl)c4)cc[nH]c3=O)nc12. The molecule has 9 heteroatoms. The number of anilines is 2. The van der Waals surface area contributed by atoms with Crippen LogP contribution in [-0.4, -0.2) is 52.8 Å². The Morgan fingerprint density at radius 3 is 2.82 bits per heavy atom. The molecule has 0 spiro atoms. The molecule has 1 aliphatic rings. The third-order valence-corrected chi connectivity index (χ3v) is 6.40. The maximum Gasteiger partial charge on any atom is 0.261 e. The van der Waals surface area contributed by atoms with Gasteiger partial charge in [0, 0.05) is 49.6 Å². The summed E-state index contributed by atoms with van der Waals surface area (Å²) in [7, 11) is 0. The van der Waals surface area contributed by atoms with Gasteiger partial charge in [-0.1, -0.05) is 23.7 Å². The molecule has 3 heterocycles. The Hall–Kier alpha value is -3.33. The highest BCUT2D eigenvalue weighted by molar-refractivity contribution is 6.30. The topological polar surface area (TPSA) is 109 Å². The highest BCUT2D eigenvalue weighted by Gasteiger charge is 2.18. The van der Waals surface area contributed by atoms with Gasteiger partial charge in [0.05, 0.1) is 22.8 Å². The normalized spacial score (nSPS) is 15.0. The van der Waals surface area contributed by atoms with Gasteiger partial charge in [0.2, 0.25) is 0 Å². The summed E-state index contributed by atoms with van der Waals surface area (Å²) < 4.78 is 0. The number of hydrogen-bond donors (Lipinski definition) is 5.